The van der Waals surface area contributed by atoms with Crippen molar-refractivity contribution in [3.8, 4) is 11.4 Å². The van der Waals surface area contributed by atoms with Crippen molar-refractivity contribution in [2.45, 2.75) is 40.2 Å². The van der Waals surface area contributed by atoms with E-state index in [1.807, 2.05) is 34.6 Å². The van der Waals surface area contributed by atoms with E-state index >= 15 is 0 Å². The molecule has 29 heavy (non-hydrogen) atoms. The lowest BCUT2D eigenvalue weighted by molar-refractivity contribution is 0.414. The first-order chi connectivity index (χ1) is 13.9. The molecule has 0 aliphatic rings. The van der Waals surface area contributed by atoms with Gasteiger partial charge >= 0.3 is 0 Å². The Morgan fingerprint density at radius 3 is 2.45 bits per heavy atom. The van der Waals surface area contributed by atoms with Crippen LogP contribution in [0.3, 0.4) is 0 Å². The van der Waals surface area contributed by atoms with Gasteiger partial charge in [-0.3, -0.25) is 4.68 Å². The minimum absolute atomic E-state index is 0.430. The zero-order valence-electron chi connectivity index (χ0n) is 17.3. The Kier molecular flexibility index (Phi) is 5.33. The van der Waals surface area contributed by atoms with Gasteiger partial charge in [0, 0.05) is 22.8 Å². The van der Waals surface area contributed by atoms with Gasteiger partial charge in [-0.05, 0) is 66.1 Å². The van der Waals surface area contributed by atoms with Crippen LogP contribution < -0.4 is 4.74 Å². The van der Waals surface area contributed by atoms with Crippen molar-refractivity contribution in [2.24, 2.45) is 0 Å². The van der Waals surface area contributed by atoms with Crippen molar-refractivity contribution >= 4 is 33.6 Å². The van der Waals surface area contributed by atoms with Crippen molar-refractivity contribution in [2.75, 3.05) is 7.11 Å². The monoisotopic (exact) mass is 501 g/mol. The molecule has 0 amide bonds. The number of aryl methyl sites for hydroxylation is 1. The van der Waals surface area contributed by atoms with E-state index < -0.39 is 0 Å². The van der Waals surface area contributed by atoms with Crippen LogP contribution in [0.5, 0.6) is 5.75 Å². The van der Waals surface area contributed by atoms with Crippen LogP contribution in [0.25, 0.3) is 16.7 Å². The Morgan fingerprint density at radius 2 is 1.83 bits per heavy atom. The van der Waals surface area contributed by atoms with Crippen molar-refractivity contribution in [3.63, 3.8) is 0 Å². The average Bonchev–Trinajstić information content (AvgIpc) is 3.20. The zero-order valence-corrected chi connectivity index (χ0v) is 19.4. The maximum absolute atomic E-state index is 5.23. The summed E-state index contributed by atoms with van der Waals surface area (Å²) in [6.45, 7) is 9.23. The highest BCUT2D eigenvalue weighted by molar-refractivity contribution is 14.1. The number of methoxy groups -OCH3 is 1. The Balaban J connectivity index is 1.71. The number of aromatic nitrogens is 5. The standard InChI is InChI=1S/C22H24IN5O/c1-13(2)20-15(4)28(25-21(20)23)19-10-17-12-27(26-22(17)24-14(19)3)11-16-6-8-18(29-5)9-7-16/h6-10,12-13H,11H2,1-5H3. The summed E-state index contributed by atoms with van der Waals surface area (Å²) in [5.74, 6) is 1.28. The molecule has 0 N–H and O–H groups in total. The number of halogens is 1. The molecule has 1 aromatic carbocycles. The fraction of sp³-hybridized carbons (Fsp3) is 0.318. The fourth-order valence-corrected chi connectivity index (χ4v) is 4.90. The van der Waals surface area contributed by atoms with Gasteiger partial charge in [0.2, 0.25) is 0 Å². The Bertz CT molecular complexity index is 1170. The minimum atomic E-state index is 0.430. The summed E-state index contributed by atoms with van der Waals surface area (Å²) in [5.41, 5.74) is 6.30. The van der Waals surface area contributed by atoms with Gasteiger partial charge < -0.3 is 4.74 Å². The molecule has 0 atom stereocenters. The van der Waals surface area contributed by atoms with E-state index in [0.717, 1.165) is 37.4 Å². The molecule has 0 saturated heterocycles. The smallest absolute Gasteiger partial charge is 0.181 e. The highest BCUT2D eigenvalue weighted by atomic mass is 127. The Morgan fingerprint density at radius 1 is 1.10 bits per heavy atom. The topological polar surface area (TPSA) is 57.8 Å². The molecule has 3 aromatic heterocycles. The zero-order chi connectivity index (χ0) is 20.7. The predicted molar refractivity (Wildman–Crippen MR) is 123 cm³/mol. The molecule has 4 rings (SSSR count). The molecule has 0 bridgehead atoms. The maximum atomic E-state index is 5.23. The molecular formula is C22H24IN5O. The van der Waals surface area contributed by atoms with E-state index in [4.69, 9.17) is 14.8 Å². The molecule has 3 heterocycles. The Hall–Kier alpha value is -2.42. The highest BCUT2D eigenvalue weighted by Crippen LogP contribution is 2.28. The van der Waals surface area contributed by atoms with Gasteiger partial charge in [-0.25, -0.2) is 9.67 Å². The first kappa shape index (κ1) is 19.9. The lowest BCUT2D eigenvalue weighted by Gasteiger charge is -2.09. The molecule has 0 spiro atoms. The quantitative estimate of drug-likeness (QED) is 0.361. The number of fused-ring (bicyclic) bond motifs is 1. The fourth-order valence-electron chi connectivity index (χ4n) is 3.67. The molecule has 150 valence electrons. The molecule has 0 aliphatic heterocycles. The molecule has 0 saturated carbocycles. The van der Waals surface area contributed by atoms with E-state index in [9.17, 15) is 0 Å². The van der Waals surface area contributed by atoms with Gasteiger partial charge in [0.05, 0.1) is 25.0 Å². The lowest BCUT2D eigenvalue weighted by atomic mass is 10.1. The average molecular weight is 501 g/mol. The van der Waals surface area contributed by atoms with E-state index in [-0.39, 0.29) is 0 Å². The van der Waals surface area contributed by atoms with Crippen LogP contribution in [0.1, 0.15) is 42.3 Å². The summed E-state index contributed by atoms with van der Waals surface area (Å²) in [5, 5.41) is 10.5. The second-order valence-corrected chi connectivity index (χ2v) is 8.56. The van der Waals surface area contributed by atoms with Gasteiger partial charge in [-0.1, -0.05) is 26.0 Å². The number of hydrogen-bond donors (Lipinski definition) is 0. The third kappa shape index (κ3) is 3.75. The second-order valence-electron chi connectivity index (χ2n) is 7.54. The van der Waals surface area contributed by atoms with Crippen LogP contribution in [-0.2, 0) is 6.54 Å². The minimum Gasteiger partial charge on any atom is -0.497 e. The van der Waals surface area contributed by atoms with Crippen molar-refractivity contribution in [1.82, 2.24) is 24.5 Å². The normalized spacial score (nSPS) is 11.6. The van der Waals surface area contributed by atoms with Crippen LogP contribution in [0, 0.1) is 17.5 Å². The van der Waals surface area contributed by atoms with Gasteiger partial charge in [0.15, 0.2) is 5.65 Å². The molecule has 0 radical (unpaired) electrons. The highest BCUT2D eigenvalue weighted by Gasteiger charge is 2.19. The molecule has 0 unspecified atom stereocenters. The van der Waals surface area contributed by atoms with E-state index in [2.05, 4.69) is 66.7 Å². The maximum Gasteiger partial charge on any atom is 0.181 e. The number of benzene rings is 1. The summed E-state index contributed by atoms with van der Waals surface area (Å²) in [4.78, 5) is 4.75. The summed E-state index contributed by atoms with van der Waals surface area (Å²) in [6, 6.07) is 10.2. The van der Waals surface area contributed by atoms with Crippen LogP contribution in [0.4, 0.5) is 0 Å². The summed E-state index contributed by atoms with van der Waals surface area (Å²) >= 11 is 2.32. The molecule has 0 fully saturated rings. The second kappa shape index (κ2) is 7.78. The third-order valence-electron chi connectivity index (χ3n) is 5.13. The first-order valence-electron chi connectivity index (χ1n) is 9.60. The molecule has 6 nitrogen and oxygen atoms in total. The first-order valence-corrected chi connectivity index (χ1v) is 10.7. The van der Waals surface area contributed by atoms with Crippen molar-refractivity contribution in [3.05, 3.63) is 62.7 Å². The number of nitrogens with zero attached hydrogens (tertiary/aromatic N) is 5. The summed E-state index contributed by atoms with van der Waals surface area (Å²) < 4.78 is 10.2. The number of hydrogen-bond acceptors (Lipinski definition) is 4. The molecular weight excluding hydrogens is 477 g/mol. The van der Waals surface area contributed by atoms with Crippen molar-refractivity contribution in [1.29, 1.82) is 0 Å². The van der Waals surface area contributed by atoms with Gasteiger partial charge in [0.25, 0.3) is 0 Å². The van der Waals surface area contributed by atoms with Crippen LogP contribution in [0.2, 0.25) is 0 Å². The lowest BCUT2D eigenvalue weighted by Crippen LogP contribution is -2.04. The van der Waals surface area contributed by atoms with Gasteiger partial charge in [-0.15, -0.1) is 0 Å². The van der Waals surface area contributed by atoms with E-state index in [1.54, 1.807) is 7.11 Å². The largest absolute Gasteiger partial charge is 0.497 e. The van der Waals surface area contributed by atoms with Crippen LogP contribution >= 0.6 is 22.6 Å². The van der Waals surface area contributed by atoms with Crippen LogP contribution in [0.15, 0.2) is 36.5 Å². The molecule has 0 aliphatic carbocycles. The predicted octanol–water partition coefficient (Wildman–Crippen LogP) is 5.02. The molecule has 4 aromatic rings. The SMILES string of the molecule is COc1ccc(Cn2cc3cc(-n4nc(I)c(C(C)C)c4C)c(C)nc3n2)cc1. The number of pyridine rings is 1. The van der Waals surface area contributed by atoms with Crippen molar-refractivity contribution < 1.29 is 4.74 Å². The summed E-state index contributed by atoms with van der Waals surface area (Å²) in [6.07, 6.45) is 2.04. The van der Waals surface area contributed by atoms with Gasteiger partial charge in [0.1, 0.15) is 9.45 Å². The van der Waals surface area contributed by atoms with Gasteiger partial charge in [-0.2, -0.15) is 10.2 Å². The van der Waals surface area contributed by atoms with E-state index in [0.29, 0.717) is 12.5 Å². The number of ether oxygens (including phenoxy) is 1. The molecule has 7 heteroatoms. The van der Waals surface area contributed by atoms with E-state index in [1.165, 1.54) is 11.3 Å². The number of rotatable bonds is 5. The summed E-state index contributed by atoms with van der Waals surface area (Å²) in [7, 11) is 1.67. The Labute approximate surface area is 184 Å². The third-order valence-corrected chi connectivity index (χ3v) is 5.93. The van der Waals surface area contributed by atoms with Crippen LogP contribution in [-0.4, -0.2) is 31.7 Å².